The average molecular weight is 426 g/mol. The second-order valence-corrected chi connectivity index (χ2v) is 6.71. The van der Waals surface area contributed by atoms with Crippen LogP contribution < -0.4 is 14.8 Å². The molecule has 1 N–H and O–H groups in total. The fraction of sp³-hybridized carbons (Fsp3) is 0.261. The number of hydrogen-bond acceptors (Lipinski definition) is 6. The van der Waals surface area contributed by atoms with Crippen LogP contribution in [0.3, 0.4) is 0 Å². The lowest BCUT2D eigenvalue weighted by Gasteiger charge is -2.16. The van der Waals surface area contributed by atoms with E-state index >= 15 is 0 Å². The number of amides is 2. The van der Waals surface area contributed by atoms with Crippen molar-refractivity contribution in [2.45, 2.75) is 6.92 Å². The number of carbonyl (C=O) groups excluding carboxylic acids is 3. The second kappa shape index (κ2) is 11.4. The predicted octanol–water partition coefficient (Wildman–Crippen LogP) is 2.67. The Labute approximate surface area is 181 Å². The molecule has 0 fully saturated rings. The molecule has 0 saturated carbocycles. The number of methoxy groups -OCH3 is 2. The van der Waals surface area contributed by atoms with Gasteiger partial charge in [0.2, 0.25) is 5.91 Å². The van der Waals surface area contributed by atoms with Crippen molar-refractivity contribution in [3.63, 3.8) is 0 Å². The lowest BCUT2D eigenvalue weighted by atomic mass is 10.2. The number of anilines is 1. The van der Waals surface area contributed by atoms with Gasteiger partial charge in [0.1, 0.15) is 11.5 Å². The van der Waals surface area contributed by atoms with E-state index in [0.717, 1.165) is 5.56 Å². The van der Waals surface area contributed by atoms with Crippen LogP contribution in [0.1, 0.15) is 11.1 Å². The number of rotatable bonds is 9. The van der Waals surface area contributed by atoms with E-state index in [9.17, 15) is 14.4 Å². The van der Waals surface area contributed by atoms with Crippen LogP contribution >= 0.6 is 0 Å². The number of aryl methyl sites for hydroxylation is 1. The molecule has 0 aliphatic carbocycles. The summed E-state index contributed by atoms with van der Waals surface area (Å²) in [5, 5.41) is 2.70. The quantitative estimate of drug-likeness (QED) is 0.489. The van der Waals surface area contributed by atoms with Gasteiger partial charge in [0, 0.05) is 30.4 Å². The molecule has 2 aromatic carbocycles. The summed E-state index contributed by atoms with van der Waals surface area (Å²) in [4.78, 5) is 37.3. The molecule has 2 rings (SSSR count). The van der Waals surface area contributed by atoms with Gasteiger partial charge in [-0.3, -0.25) is 9.59 Å². The van der Waals surface area contributed by atoms with Gasteiger partial charge in [-0.2, -0.15) is 0 Å². The van der Waals surface area contributed by atoms with Gasteiger partial charge in [0.05, 0.1) is 20.8 Å². The first kappa shape index (κ1) is 23.5. The molecule has 8 heteroatoms. The molecule has 0 aliphatic heterocycles. The number of esters is 1. The molecule has 0 spiro atoms. The Balaban J connectivity index is 1.81. The number of ether oxygens (including phenoxy) is 3. The number of likely N-dealkylation sites (N-methyl/N-ethyl adjacent to an activating group) is 1. The highest BCUT2D eigenvalue weighted by Crippen LogP contribution is 2.25. The molecule has 164 valence electrons. The molecule has 0 saturated heterocycles. The van der Waals surface area contributed by atoms with E-state index in [-0.39, 0.29) is 12.5 Å². The van der Waals surface area contributed by atoms with Gasteiger partial charge in [-0.15, -0.1) is 0 Å². The Morgan fingerprint density at radius 1 is 1.03 bits per heavy atom. The topological polar surface area (TPSA) is 94.2 Å². The van der Waals surface area contributed by atoms with Crippen molar-refractivity contribution in [1.29, 1.82) is 0 Å². The predicted molar refractivity (Wildman–Crippen MR) is 117 cm³/mol. The number of nitrogens with one attached hydrogen (secondary N) is 1. The summed E-state index contributed by atoms with van der Waals surface area (Å²) in [6.45, 7) is 1.31. The lowest BCUT2D eigenvalue weighted by Crippen LogP contribution is -2.37. The van der Waals surface area contributed by atoms with Crippen molar-refractivity contribution < 1.29 is 28.6 Å². The molecular weight excluding hydrogens is 400 g/mol. The average Bonchev–Trinajstić information content (AvgIpc) is 2.77. The summed E-state index contributed by atoms with van der Waals surface area (Å²) in [6.07, 6.45) is 2.71. The normalized spacial score (nSPS) is 10.5. The Morgan fingerprint density at radius 2 is 1.74 bits per heavy atom. The third-order valence-corrected chi connectivity index (χ3v) is 4.32. The van der Waals surface area contributed by atoms with Gasteiger partial charge < -0.3 is 24.4 Å². The fourth-order valence-corrected chi connectivity index (χ4v) is 2.55. The molecule has 0 bridgehead atoms. The maximum atomic E-state index is 12.1. The summed E-state index contributed by atoms with van der Waals surface area (Å²) < 4.78 is 15.3. The van der Waals surface area contributed by atoms with E-state index < -0.39 is 18.5 Å². The first-order valence-electron chi connectivity index (χ1n) is 9.49. The highest BCUT2D eigenvalue weighted by atomic mass is 16.5. The highest BCUT2D eigenvalue weighted by molar-refractivity contribution is 5.95. The van der Waals surface area contributed by atoms with Crippen LogP contribution in [-0.4, -0.2) is 57.1 Å². The SMILES string of the molecule is COc1ccc(/C=C/C(=O)OCC(=O)N(C)CC(=O)Nc2ccc(C)cc2)c(OC)c1. The monoisotopic (exact) mass is 426 g/mol. The molecule has 2 aromatic rings. The van der Waals surface area contributed by atoms with E-state index in [4.69, 9.17) is 14.2 Å². The molecule has 8 nitrogen and oxygen atoms in total. The van der Waals surface area contributed by atoms with Gasteiger partial charge in [-0.05, 0) is 37.3 Å². The molecule has 0 aliphatic rings. The maximum absolute atomic E-state index is 12.1. The molecule has 31 heavy (non-hydrogen) atoms. The molecule has 0 radical (unpaired) electrons. The van der Waals surface area contributed by atoms with E-state index in [1.807, 2.05) is 19.1 Å². The number of carbonyl (C=O) groups is 3. The van der Waals surface area contributed by atoms with Crippen LogP contribution in [0, 0.1) is 6.92 Å². The number of nitrogens with zero attached hydrogens (tertiary/aromatic N) is 1. The van der Waals surface area contributed by atoms with Gasteiger partial charge >= 0.3 is 5.97 Å². The van der Waals surface area contributed by atoms with Crippen molar-refractivity contribution in [2.24, 2.45) is 0 Å². The van der Waals surface area contributed by atoms with Crippen molar-refractivity contribution in [1.82, 2.24) is 4.90 Å². The lowest BCUT2D eigenvalue weighted by molar-refractivity contribution is -0.148. The minimum atomic E-state index is -0.691. The molecule has 2 amide bonds. The third kappa shape index (κ3) is 7.50. The zero-order valence-electron chi connectivity index (χ0n) is 18.0. The van der Waals surface area contributed by atoms with E-state index in [1.165, 1.54) is 31.2 Å². The third-order valence-electron chi connectivity index (χ3n) is 4.32. The van der Waals surface area contributed by atoms with E-state index in [2.05, 4.69) is 5.32 Å². The summed E-state index contributed by atoms with van der Waals surface area (Å²) in [5.41, 5.74) is 2.37. The number of hydrogen-bond donors (Lipinski definition) is 1. The van der Waals surface area contributed by atoms with Crippen LogP contribution in [-0.2, 0) is 19.1 Å². The van der Waals surface area contributed by atoms with Gasteiger partial charge in [0.15, 0.2) is 6.61 Å². The van der Waals surface area contributed by atoms with Crippen molar-refractivity contribution in [3.05, 3.63) is 59.7 Å². The molecule has 0 atom stereocenters. The van der Waals surface area contributed by atoms with Crippen LogP contribution in [0.4, 0.5) is 5.69 Å². The molecule has 0 aromatic heterocycles. The van der Waals surface area contributed by atoms with Crippen molar-refractivity contribution in [3.8, 4) is 11.5 Å². The minimum absolute atomic E-state index is 0.164. The van der Waals surface area contributed by atoms with Crippen LogP contribution in [0.25, 0.3) is 6.08 Å². The first-order valence-corrected chi connectivity index (χ1v) is 9.49. The number of benzene rings is 2. The smallest absolute Gasteiger partial charge is 0.331 e. The zero-order chi connectivity index (χ0) is 22.8. The minimum Gasteiger partial charge on any atom is -0.497 e. The van der Waals surface area contributed by atoms with Crippen LogP contribution in [0.15, 0.2) is 48.5 Å². The largest absolute Gasteiger partial charge is 0.497 e. The molecule has 0 heterocycles. The van der Waals surface area contributed by atoms with Crippen LogP contribution in [0.5, 0.6) is 11.5 Å². The Hall–Kier alpha value is -3.81. The summed E-state index contributed by atoms with van der Waals surface area (Å²) in [5.74, 6) is -0.389. The Morgan fingerprint density at radius 3 is 2.39 bits per heavy atom. The van der Waals surface area contributed by atoms with Gasteiger partial charge in [0.25, 0.3) is 5.91 Å². The zero-order valence-corrected chi connectivity index (χ0v) is 18.0. The molecular formula is C23H26N2O6. The summed E-state index contributed by atoms with van der Waals surface area (Å²) in [6, 6.07) is 12.5. The van der Waals surface area contributed by atoms with Gasteiger partial charge in [-0.25, -0.2) is 4.79 Å². The summed E-state index contributed by atoms with van der Waals surface area (Å²) in [7, 11) is 4.51. The Kier molecular flexibility index (Phi) is 8.63. The highest BCUT2D eigenvalue weighted by Gasteiger charge is 2.15. The Bertz CT molecular complexity index is 953. The molecule has 0 unspecified atom stereocenters. The fourth-order valence-electron chi connectivity index (χ4n) is 2.55. The first-order chi connectivity index (χ1) is 14.8. The van der Waals surface area contributed by atoms with Gasteiger partial charge in [-0.1, -0.05) is 17.7 Å². The van der Waals surface area contributed by atoms with E-state index in [0.29, 0.717) is 22.7 Å². The van der Waals surface area contributed by atoms with E-state index in [1.54, 1.807) is 37.4 Å². The van der Waals surface area contributed by atoms with Crippen LogP contribution in [0.2, 0.25) is 0 Å². The second-order valence-electron chi connectivity index (χ2n) is 6.71. The summed E-state index contributed by atoms with van der Waals surface area (Å²) >= 11 is 0. The van der Waals surface area contributed by atoms with Crippen molar-refractivity contribution >= 4 is 29.5 Å². The standard InChI is InChI=1S/C23H26N2O6/c1-16-5-9-18(10-6-16)24-21(26)14-25(2)22(27)15-31-23(28)12-8-17-7-11-19(29-3)13-20(17)30-4/h5-13H,14-15H2,1-4H3,(H,24,26)/b12-8+. The van der Waals surface area contributed by atoms with Crippen molar-refractivity contribution in [2.75, 3.05) is 39.7 Å². The maximum Gasteiger partial charge on any atom is 0.331 e.